The molecule has 0 radical (unpaired) electrons. The summed E-state index contributed by atoms with van der Waals surface area (Å²) in [4.78, 5) is 13.8. The second-order valence-corrected chi connectivity index (χ2v) is 4.32. The van der Waals surface area contributed by atoms with Gasteiger partial charge in [0.1, 0.15) is 5.76 Å². The number of likely N-dealkylation sites (N-methyl/N-ethyl adjacent to an activating group) is 1. The van der Waals surface area contributed by atoms with Crippen LogP contribution in [-0.4, -0.2) is 48.2 Å². The maximum Gasteiger partial charge on any atom is 0.257 e. The molecule has 1 fully saturated rings. The van der Waals surface area contributed by atoms with Gasteiger partial charge in [0.25, 0.3) is 5.91 Å². The van der Waals surface area contributed by atoms with Crippen LogP contribution in [-0.2, 0) is 6.42 Å². The first-order valence-corrected chi connectivity index (χ1v) is 5.87. The fraction of sp³-hybridized carbons (Fsp3) is 0.583. The molecular formula is C12H18N2O3. The van der Waals surface area contributed by atoms with Gasteiger partial charge in [-0.3, -0.25) is 4.79 Å². The molecule has 1 aliphatic heterocycles. The van der Waals surface area contributed by atoms with Gasteiger partial charge in [-0.05, 0) is 6.07 Å². The van der Waals surface area contributed by atoms with Crippen molar-refractivity contribution in [2.75, 3.05) is 20.1 Å². The Morgan fingerprint density at radius 1 is 1.65 bits per heavy atom. The SMILES string of the molecule is CCc1occc1C(=O)N(C)[C@H]1CNC[C@@H]1O. The molecule has 2 N–H and O–H groups in total. The maximum absolute atomic E-state index is 12.2. The van der Waals surface area contributed by atoms with E-state index in [1.165, 1.54) is 6.26 Å². The normalized spacial score (nSPS) is 23.9. The van der Waals surface area contributed by atoms with E-state index in [0.29, 0.717) is 30.8 Å². The maximum atomic E-state index is 12.2. The predicted molar refractivity (Wildman–Crippen MR) is 62.8 cm³/mol. The third kappa shape index (κ3) is 2.21. The molecule has 2 atom stereocenters. The summed E-state index contributed by atoms with van der Waals surface area (Å²) in [6.45, 7) is 3.11. The fourth-order valence-electron chi connectivity index (χ4n) is 2.19. The number of amides is 1. The molecule has 0 unspecified atom stereocenters. The number of rotatable bonds is 3. The Bertz CT molecular complexity index is 402. The van der Waals surface area contributed by atoms with E-state index in [-0.39, 0.29) is 11.9 Å². The van der Waals surface area contributed by atoms with Gasteiger partial charge in [0, 0.05) is 26.6 Å². The minimum Gasteiger partial charge on any atom is -0.469 e. The molecule has 1 saturated heterocycles. The molecule has 17 heavy (non-hydrogen) atoms. The molecule has 5 heteroatoms. The van der Waals surface area contributed by atoms with Gasteiger partial charge in [-0.25, -0.2) is 0 Å². The van der Waals surface area contributed by atoms with Crippen molar-refractivity contribution >= 4 is 5.91 Å². The molecule has 0 spiro atoms. The van der Waals surface area contributed by atoms with Crippen LogP contribution < -0.4 is 5.32 Å². The van der Waals surface area contributed by atoms with Crippen molar-refractivity contribution in [3.63, 3.8) is 0 Å². The van der Waals surface area contributed by atoms with E-state index in [1.807, 2.05) is 6.92 Å². The molecule has 0 aliphatic carbocycles. The number of β-amino-alcohol motifs (C(OH)–C–C–N with tert-alkyl or cyclic N) is 1. The Labute approximate surface area is 100 Å². The number of hydrogen-bond donors (Lipinski definition) is 2. The number of nitrogens with one attached hydrogen (secondary N) is 1. The number of nitrogens with zero attached hydrogens (tertiary/aromatic N) is 1. The van der Waals surface area contributed by atoms with E-state index in [1.54, 1.807) is 18.0 Å². The van der Waals surface area contributed by atoms with E-state index in [2.05, 4.69) is 5.32 Å². The van der Waals surface area contributed by atoms with Crippen LogP contribution in [0.2, 0.25) is 0 Å². The van der Waals surface area contributed by atoms with E-state index >= 15 is 0 Å². The van der Waals surface area contributed by atoms with Crippen molar-refractivity contribution in [3.05, 3.63) is 23.7 Å². The standard InChI is InChI=1S/C12H18N2O3/c1-3-11-8(4-5-17-11)12(16)14(2)9-6-13-7-10(9)15/h4-5,9-10,13,15H,3,6-7H2,1-2H3/t9-,10-/m0/s1. The van der Waals surface area contributed by atoms with Gasteiger partial charge in [0.15, 0.2) is 0 Å². The lowest BCUT2D eigenvalue weighted by atomic mass is 10.1. The van der Waals surface area contributed by atoms with Crippen LogP contribution in [0.3, 0.4) is 0 Å². The molecule has 5 nitrogen and oxygen atoms in total. The monoisotopic (exact) mass is 238 g/mol. The van der Waals surface area contributed by atoms with Gasteiger partial charge >= 0.3 is 0 Å². The van der Waals surface area contributed by atoms with Gasteiger partial charge < -0.3 is 19.7 Å². The molecule has 1 amide bonds. The number of carbonyl (C=O) groups is 1. The molecule has 0 bridgehead atoms. The number of carbonyl (C=O) groups excluding carboxylic acids is 1. The second-order valence-electron chi connectivity index (χ2n) is 4.32. The van der Waals surface area contributed by atoms with Crippen LogP contribution in [0.1, 0.15) is 23.0 Å². The highest BCUT2D eigenvalue weighted by molar-refractivity contribution is 5.95. The van der Waals surface area contributed by atoms with E-state index in [4.69, 9.17) is 4.42 Å². The van der Waals surface area contributed by atoms with Gasteiger partial charge in [0.05, 0.1) is 24.0 Å². The zero-order valence-electron chi connectivity index (χ0n) is 10.1. The second kappa shape index (κ2) is 4.89. The lowest BCUT2D eigenvalue weighted by molar-refractivity contribution is 0.0579. The number of aryl methyl sites for hydroxylation is 1. The molecule has 2 heterocycles. The Kier molecular flexibility index (Phi) is 3.49. The van der Waals surface area contributed by atoms with Gasteiger partial charge in [-0.1, -0.05) is 6.92 Å². The number of hydrogen-bond acceptors (Lipinski definition) is 4. The predicted octanol–water partition coefficient (Wildman–Crippen LogP) is 0.247. The first kappa shape index (κ1) is 12.1. The van der Waals surface area contributed by atoms with Crippen molar-refractivity contribution in [1.29, 1.82) is 0 Å². The van der Waals surface area contributed by atoms with Crippen molar-refractivity contribution in [2.24, 2.45) is 0 Å². The summed E-state index contributed by atoms with van der Waals surface area (Å²) in [6.07, 6.45) is 1.72. The topological polar surface area (TPSA) is 65.7 Å². The van der Waals surface area contributed by atoms with Crippen LogP contribution in [0.15, 0.2) is 16.7 Å². The number of aliphatic hydroxyl groups excluding tert-OH is 1. The van der Waals surface area contributed by atoms with Crippen molar-refractivity contribution in [3.8, 4) is 0 Å². The highest BCUT2D eigenvalue weighted by Crippen LogP contribution is 2.16. The summed E-state index contributed by atoms with van der Waals surface area (Å²) >= 11 is 0. The third-order valence-corrected chi connectivity index (χ3v) is 3.27. The summed E-state index contributed by atoms with van der Waals surface area (Å²) < 4.78 is 5.25. The minimum atomic E-state index is -0.499. The van der Waals surface area contributed by atoms with Crippen LogP contribution in [0, 0.1) is 0 Å². The Hall–Kier alpha value is -1.33. The van der Waals surface area contributed by atoms with Crippen LogP contribution in [0.25, 0.3) is 0 Å². The van der Waals surface area contributed by atoms with Gasteiger partial charge in [0.2, 0.25) is 0 Å². The summed E-state index contributed by atoms with van der Waals surface area (Å²) in [6, 6.07) is 1.52. The molecule has 94 valence electrons. The number of furan rings is 1. The van der Waals surface area contributed by atoms with Crippen LogP contribution in [0.4, 0.5) is 0 Å². The van der Waals surface area contributed by atoms with Crippen molar-refractivity contribution in [1.82, 2.24) is 10.2 Å². The quantitative estimate of drug-likeness (QED) is 0.792. The zero-order valence-corrected chi connectivity index (χ0v) is 10.1. The molecule has 0 saturated carbocycles. The molecule has 1 aliphatic rings. The van der Waals surface area contributed by atoms with E-state index < -0.39 is 6.10 Å². The summed E-state index contributed by atoms with van der Waals surface area (Å²) in [5.41, 5.74) is 0.592. The largest absolute Gasteiger partial charge is 0.469 e. The van der Waals surface area contributed by atoms with E-state index in [0.717, 1.165) is 0 Å². The lowest BCUT2D eigenvalue weighted by Gasteiger charge is -2.26. The Balaban J connectivity index is 2.14. The van der Waals surface area contributed by atoms with Crippen LogP contribution in [0.5, 0.6) is 0 Å². The minimum absolute atomic E-state index is 0.0941. The first-order valence-electron chi connectivity index (χ1n) is 5.87. The summed E-state index contributed by atoms with van der Waals surface area (Å²) in [7, 11) is 1.72. The highest BCUT2D eigenvalue weighted by Gasteiger charge is 2.32. The lowest BCUT2D eigenvalue weighted by Crippen LogP contribution is -2.44. The molecular weight excluding hydrogens is 220 g/mol. The van der Waals surface area contributed by atoms with E-state index in [9.17, 15) is 9.90 Å². The molecule has 2 rings (SSSR count). The molecule has 1 aromatic rings. The molecule has 0 aromatic carbocycles. The third-order valence-electron chi connectivity index (χ3n) is 3.27. The average molecular weight is 238 g/mol. The van der Waals surface area contributed by atoms with Crippen LogP contribution >= 0.6 is 0 Å². The molecule has 1 aromatic heterocycles. The fourth-order valence-corrected chi connectivity index (χ4v) is 2.19. The number of aliphatic hydroxyl groups is 1. The Morgan fingerprint density at radius 2 is 2.41 bits per heavy atom. The van der Waals surface area contributed by atoms with Crippen molar-refractivity contribution < 1.29 is 14.3 Å². The van der Waals surface area contributed by atoms with Gasteiger partial charge in [-0.15, -0.1) is 0 Å². The highest BCUT2D eigenvalue weighted by atomic mass is 16.3. The zero-order chi connectivity index (χ0) is 12.4. The first-order chi connectivity index (χ1) is 8.15. The Morgan fingerprint density at radius 3 is 3.00 bits per heavy atom. The van der Waals surface area contributed by atoms with Gasteiger partial charge in [-0.2, -0.15) is 0 Å². The summed E-state index contributed by atoms with van der Waals surface area (Å²) in [5.74, 6) is 0.602. The average Bonchev–Trinajstić information content (AvgIpc) is 2.95. The smallest absolute Gasteiger partial charge is 0.257 e. The summed E-state index contributed by atoms with van der Waals surface area (Å²) in [5, 5.41) is 12.8. The van der Waals surface area contributed by atoms with Crippen molar-refractivity contribution in [2.45, 2.75) is 25.5 Å².